The minimum atomic E-state index is -2.00. The number of rotatable bonds is 2. The Labute approximate surface area is 160 Å². The Kier molecular flexibility index (Phi) is 5.77. The van der Waals surface area contributed by atoms with E-state index in [0.29, 0.717) is 5.92 Å². The zero-order chi connectivity index (χ0) is 16.7. The molecule has 1 unspecified atom stereocenters. The Morgan fingerprint density at radius 1 is 1.17 bits per heavy atom. The SMILES string of the molecule is CC1=[C]([Hf]([Br])[Br])C2=CC=CC(=[Si](C)C)C(C)C2=C1C1=CC=CC1. The molecule has 0 bridgehead atoms. The summed E-state index contributed by atoms with van der Waals surface area (Å²) in [5, 5.41) is 1.64. The van der Waals surface area contributed by atoms with E-state index in [0.717, 1.165) is 6.42 Å². The van der Waals surface area contributed by atoms with Crippen LogP contribution in [0.3, 0.4) is 0 Å². The molecule has 3 aliphatic carbocycles. The summed E-state index contributed by atoms with van der Waals surface area (Å²) < 4.78 is 1.60. The minimum absolute atomic E-state index is 0.442. The van der Waals surface area contributed by atoms with Gasteiger partial charge < -0.3 is 0 Å². The second kappa shape index (κ2) is 7.31. The first-order valence-electron chi connectivity index (χ1n) is 7.99. The van der Waals surface area contributed by atoms with Crippen molar-refractivity contribution in [2.75, 3.05) is 0 Å². The van der Waals surface area contributed by atoms with Crippen LogP contribution < -0.4 is 0 Å². The van der Waals surface area contributed by atoms with Crippen molar-refractivity contribution in [2.45, 2.75) is 33.4 Å². The third-order valence-electron chi connectivity index (χ3n) is 4.88. The van der Waals surface area contributed by atoms with Crippen LogP contribution in [0.15, 0.2) is 67.7 Å². The Hall–Kier alpha value is 0.357. The van der Waals surface area contributed by atoms with Gasteiger partial charge in [-0.2, -0.15) is 0 Å². The van der Waals surface area contributed by atoms with Crippen LogP contribution in [0.2, 0.25) is 13.1 Å². The summed E-state index contributed by atoms with van der Waals surface area (Å²) in [7, 11) is -0.442. The van der Waals surface area contributed by atoms with Crippen LogP contribution in [0, 0.1) is 5.92 Å². The van der Waals surface area contributed by atoms with E-state index in [4.69, 9.17) is 0 Å². The van der Waals surface area contributed by atoms with Crippen molar-refractivity contribution >= 4 is 38.2 Å². The molecule has 0 aromatic heterocycles. The topological polar surface area (TPSA) is 0 Å². The number of hydrogen-bond donors (Lipinski definition) is 0. The van der Waals surface area contributed by atoms with Gasteiger partial charge in [-0.15, -0.1) is 0 Å². The van der Waals surface area contributed by atoms with E-state index in [9.17, 15) is 0 Å². The molecule has 0 N–H and O–H groups in total. The van der Waals surface area contributed by atoms with Gasteiger partial charge in [-0.3, -0.25) is 0 Å². The molecule has 23 heavy (non-hydrogen) atoms. The van der Waals surface area contributed by atoms with Gasteiger partial charge in [0, 0.05) is 0 Å². The van der Waals surface area contributed by atoms with Crippen LogP contribution in [-0.2, 0) is 16.8 Å². The summed E-state index contributed by atoms with van der Waals surface area (Å²) in [5.41, 5.74) is 7.64. The third-order valence-corrected chi connectivity index (χ3v) is 16.8. The number of hydrogen-bond acceptors (Lipinski definition) is 0. The van der Waals surface area contributed by atoms with Crippen LogP contribution in [0.5, 0.6) is 0 Å². The molecule has 3 rings (SSSR count). The molecule has 0 nitrogen and oxygen atoms in total. The fourth-order valence-corrected chi connectivity index (χ4v) is 16.6. The van der Waals surface area contributed by atoms with Crippen LogP contribution >= 0.6 is 24.6 Å². The van der Waals surface area contributed by atoms with E-state index in [2.05, 4.69) is 88.0 Å². The van der Waals surface area contributed by atoms with E-state index in [1.54, 1.807) is 14.1 Å². The fourth-order valence-electron chi connectivity index (χ4n) is 3.86. The summed E-state index contributed by atoms with van der Waals surface area (Å²) in [5.74, 6) is 0.526. The number of halogens is 2. The van der Waals surface area contributed by atoms with Gasteiger partial charge in [-0.25, -0.2) is 0 Å². The zero-order valence-electron chi connectivity index (χ0n) is 14.0. The van der Waals surface area contributed by atoms with Gasteiger partial charge in [0.2, 0.25) is 0 Å². The molecule has 0 heterocycles. The fraction of sp³-hybridized carbons (Fsp3) is 0.316. The predicted octanol–water partition coefficient (Wildman–Crippen LogP) is 6.34. The van der Waals surface area contributed by atoms with Crippen molar-refractivity contribution in [1.29, 1.82) is 0 Å². The summed E-state index contributed by atoms with van der Waals surface area (Å²) in [4.78, 5) is 0. The molecule has 1 atom stereocenters. The van der Waals surface area contributed by atoms with Gasteiger partial charge in [0.05, 0.1) is 0 Å². The van der Waals surface area contributed by atoms with Crippen LogP contribution in [0.4, 0.5) is 0 Å². The quantitative estimate of drug-likeness (QED) is 0.319. The molecule has 3 aliphatic rings. The van der Waals surface area contributed by atoms with Crippen LogP contribution in [-0.4, -0.2) is 13.6 Å². The summed E-state index contributed by atoms with van der Waals surface area (Å²) in [6.07, 6.45) is 14.9. The van der Waals surface area contributed by atoms with Crippen molar-refractivity contribution in [3.8, 4) is 0 Å². The summed E-state index contributed by atoms with van der Waals surface area (Å²) in [6, 6.07) is 0. The van der Waals surface area contributed by atoms with Crippen molar-refractivity contribution in [1.82, 2.24) is 0 Å². The zero-order valence-corrected chi connectivity index (χ0v) is 21.8. The molecule has 0 aliphatic heterocycles. The molecule has 0 saturated carbocycles. The Balaban J connectivity index is 2.26. The molecule has 0 radical (unpaired) electrons. The molecule has 4 heteroatoms. The Morgan fingerprint density at radius 3 is 2.48 bits per heavy atom. The monoisotopic (exact) mass is 615 g/mol. The molecule has 0 saturated heterocycles. The maximum absolute atomic E-state index is 3.97. The van der Waals surface area contributed by atoms with E-state index >= 15 is 0 Å². The molecule has 0 amide bonds. The normalized spacial score (nSPS) is 23.2. The molecule has 0 spiro atoms. The van der Waals surface area contributed by atoms with Gasteiger partial charge >= 0.3 is 162 Å². The van der Waals surface area contributed by atoms with Gasteiger partial charge in [0.25, 0.3) is 0 Å². The van der Waals surface area contributed by atoms with Crippen LogP contribution in [0.1, 0.15) is 20.3 Å². The van der Waals surface area contributed by atoms with E-state index in [-0.39, 0.29) is 0 Å². The molecular formula is C19H21Br2HfSi. The molecule has 119 valence electrons. The van der Waals surface area contributed by atoms with E-state index < -0.39 is 25.2 Å². The molecule has 0 aromatic carbocycles. The molecule has 0 aromatic rings. The first-order valence-corrected chi connectivity index (χ1v) is 28.0. The van der Waals surface area contributed by atoms with Gasteiger partial charge in [0.15, 0.2) is 0 Å². The van der Waals surface area contributed by atoms with Gasteiger partial charge in [0.1, 0.15) is 0 Å². The second-order valence-corrected chi connectivity index (χ2v) is 34.4. The van der Waals surface area contributed by atoms with E-state index in [1.807, 2.05) is 0 Å². The van der Waals surface area contributed by atoms with Crippen molar-refractivity contribution in [2.24, 2.45) is 5.92 Å². The summed E-state index contributed by atoms with van der Waals surface area (Å²) in [6.45, 7) is 9.57. The first kappa shape index (κ1) is 18.2. The van der Waals surface area contributed by atoms with Crippen molar-refractivity contribution in [3.05, 3.63) is 67.7 Å². The molecule has 0 fully saturated rings. The number of fused-ring (bicyclic) bond motifs is 1. The Morgan fingerprint density at radius 2 is 1.91 bits per heavy atom. The average molecular weight is 616 g/mol. The second-order valence-electron chi connectivity index (χ2n) is 6.49. The predicted molar refractivity (Wildman–Crippen MR) is 108 cm³/mol. The van der Waals surface area contributed by atoms with Crippen molar-refractivity contribution < 1.29 is 16.8 Å². The van der Waals surface area contributed by atoms with Gasteiger partial charge in [-0.05, 0) is 0 Å². The van der Waals surface area contributed by atoms with Crippen molar-refractivity contribution in [3.63, 3.8) is 0 Å². The maximum atomic E-state index is 3.97. The average Bonchev–Trinajstić information content (AvgIpc) is 3.04. The van der Waals surface area contributed by atoms with Gasteiger partial charge in [-0.1, -0.05) is 0 Å². The Bertz CT molecular complexity index is 769. The number of allylic oxidation sites excluding steroid dienone is 12. The van der Waals surface area contributed by atoms with Crippen LogP contribution in [0.25, 0.3) is 0 Å². The standard InChI is InChI=1S/C19H21Si.2BrH.Hf/c1-13-12-16-10-7-11-17(20(3)4)14(2)19(16)18(13)15-8-5-6-9-15;;;/h5-8,10-11,14H,9H2,1-4H3;2*1H;/q;;;+2/p-2. The molecular weight excluding hydrogens is 595 g/mol. The summed E-state index contributed by atoms with van der Waals surface area (Å²) >= 11 is 5.95. The van der Waals surface area contributed by atoms with E-state index in [1.165, 1.54) is 22.3 Å². The first-order chi connectivity index (χ1) is 10.9. The third kappa shape index (κ3) is 3.25.